The van der Waals surface area contributed by atoms with Crippen LogP contribution in [0.25, 0.3) is 0 Å². The molecule has 4 rings (SSSR count). The van der Waals surface area contributed by atoms with Gasteiger partial charge in [0.15, 0.2) is 11.6 Å². The van der Waals surface area contributed by atoms with E-state index in [1.54, 1.807) is 24.3 Å². The molecule has 2 aliphatic rings. The molecule has 8 heteroatoms. The first-order chi connectivity index (χ1) is 16.6. The number of dihydropyridines is 1. The molecule has 0 unspecified atom stereocenters. The molecule has 35 heavy (non-hydrogen) atoms. The van der Waals surface area contributed by atoms with Crippen molar-refractivity contribution in [2.45, 2.75) is 39.5 Å². The number of non-ortho nitro benzene ring substituents is 1. The number of nitrogens with one attached hydrogen (secondary N) is 1. The lowest BCUT2D eigenvalue weighted by Gasteiger charge is -2.39. The number of hydrogen-bond acceptors (Lipinski definition) is 7. The van der Waals surface area contributed by atoms with E-state index < -0.39 is 10.8 Å². The summed E-state index contributed by atoms with van der Waals surface area (Å²) in [6, 6.07) is 15.6. The number of rotatable bonds is 6. The number of allylic oxidation sites excluding steroid dienone is 3. The Labute approximate surface area is 208 Å². The molecule has 0 saturated heterocycles. The van der Waals surface area contributed by atoms with E-state index in [2.05, 4.69) is 11.4 Å². The van der Waals surface area contributed by atoms with Crippen LogP contribution in [-0.2, 0) is 4.79 Å². The van der Waals surface area contributed by atoms with E-state index in [4.69, 9.17) is 0 Å². The van der Waals surface area contributed by atoms with E-state index in [0.717, 1.165) is 5.56 Å². The summed E-state index contributed by atoms with van der Waals surface area (Å²) in [6.45, 7) is 5.97. The number of thioether (sulfide) groups is 1. The van der Waals surface area contributed by atoms with Crippen LogP contribution < -0.4 is 5.32 Å². The van der Waals surface area contributed by atoms with Crippen molar-refractivity contribution in [1.29, 1.82) is 5.26 Å². The Kier molecular flexibility index (Phi) is 6.64. The highest BCUT2D eigenvalue weighted by molar-refractivity contribution is 8.03. The number of nitrogens with zero attached hydrogens (tertiary/aromatic N) is 2. The Morgan fingerprint density at radius 2 is 1.94 bits per heavy atom. The largest absolute Gasteiger partial charge is 0.352 e. The zero-order valence-corrected chi connectivity index (χ0v) is 20.6. The topological polar surface area (TPSA) is 113 Å². The van der Waals surface area contributed by atoms with Crippen molar-refractivity contribution in [3.8, 4) is 6.07 Å². The second-order valence-electron chi connectivity index (χ2n) is 9.68. The summed E-state index contributed by atoms with van der Waals surface area (Å²) in [6.07, 6.45) is 0.917. The first-order valence-electron chi connectivity index (χ1n) is 11.2. The maximum Gasteiger partial charge on any atom is 0.269 e. The van der Waals surface area contributed by atoms with E-state index in [1.165, 1.54) is 23.9 Å². The van der Waals surface area contributed by atoms with E-state index in [9.17, 15) is 25.0 Å². The number of carbonyl (C=O) groups excluding carboxylic acids is 2. The quantitative estimate of drug-likeness (QED) is 0.321. The molecular weight excluding hydrogens is 462 g/mol. The summed E-state index contributed by atoms with van der Waals surface area (Å²) in [4.78, 5) is 37.0. The van der Waals surface area contributed by atoms with Gasteiger partial charge in [-0.15, -0.1) is 0 Å². The number of carbonyl (C=O) groups is 2. The van der Waals surface area contributed by atoms with Crippen molar-refractivity contribution < 1.29 is 14.5 Å². The van der Waals surface area contributed by atoms with Crippen molar-refractivity contribution >= 4 is 29.0 Å². The van der Waals surface area contributed by atoms with E-state index in [0.29, 0.717) is 45.8 Å². The minimum absolute atomic E-state index is 0.0756. The maximum absolute atomic E-state index is 13.3. The Hall–Kier alpha value is -3.70. The van der Waals surface area contributed by atoms with Gasteiger partial charge in [0.25, 0.3) is 5.69 Å². The Morgan fingerprint density at radius 3 is 2.60 bits per heavy atom. The van der Waals surface area contributed by atoms with Crippen LogP contribution in [0.15, 0.2) is 70.4 Å². The molecule has 0 amide bonds. The molecule has 2 aromatic rings. The standard InChI is InChI=1S/C27H25N3O4S/c1-16-7-9-17(10-8-16)23(32)15-35-26-20(14-28)24(18-5-4-6-19(11-18)30(33)34)25-21(29-26)12-27(2,3)13-22(25)31/h4-11,24,29H,12-13,15H2,1-3H3/t24-/m0/s1. The highest BCUT2D eigenvalue weighted by atomic mass is 32.2. The molecule has 1 N–H and O–H groups in total. The Morgan fingerprint density at radius 1 is 1.23 bits per heavy atom. The van der Waals surface area contributed by atoms with Crippen LogP contribution in [0.4, 0.5) is 5.69 Å². The lowest BCUT2D eigenvalue weighted by molar-refractivity contribution is -0.384. The fourth-order valence-corrected chi connectivity index (χ4v) is 5.56. The first kappa shape index (κ1) is 24.4. The summed E-state index contributed by atoms with van der Waals surface area (Å²) >= 11 is 1.22. The predicted octanol–water partition coefficient (Wildman–Crippen LogP) is 5.58. The highest BCUT2D eigenvalue weighted by Gasteiger charge is 2.42. The minimum atomic E-state index is -0.725. The summed E-state index contributed by atoms with van der Waals surface area (Å²) in [5.41, 5.74) is 3.27. The lowest BCUT2D eigenvalue weighted by Crippen LogP contribution is -2.37. The number of nitro groups is 1. The van der Waals surface area contributed by atoms with Gasteiger partial charge in [-0.2, -0.15) is 5.26 Å². The monoisotopic (exact) mass is 487 g/mol. The predicted molar refractivity (Wildman–Crippen MR) is 135 cm³/mol. The van der Waals surface area contributed by atoms with Crippen molar-refractivity contribution in [1.82, 2.24) is 5.32 Å². The third kappa shape index (κ3) is 5.05. The van der Waals surface area contributed by atoms with Gasteiger partial charge < -0.3 is 5.32 Å². The fraction of sp³-hybridized carbons (Fsp3) is 0.296. The van der Waals surface area contributed by atoms with Gasteiger partial charge in [0, 0.05) is 35.4 Å². The van der Waals surface area contributed by atoms with Crippen LogP contribution in [0, 0.1) is 33.8 Å². The molecule has 0 saturated carbocycles. The lowest BCUT2D eigenvalue weighted by atomic mass is 9.69. The van der Waals surface area contributed by atoms with Gasteiger partial charge in [0.2, 0.25) is 0 Å². The van der Waals surface area contributed by atoms with E-state index in [-0.39, 0.29) is 28.4 Å². The minimum Gasteiger partial charge on any atom is -0.352 e. The molecule has 2 aromatic carbocycles. The molecule has 1 atom stereocenters. The molecule has 1 aliphatic heterocycles. The third-order valence-corrected chi connectivity index (χ3v) is 7.28. The number of benzene rings is 2. The molecule has 1 heterocycles. The molecule has 0 spiro atoms. The Balaban J connectivity index is 1.75. The van der Waals surface area contributed by atoms with E-state index >= 15 is 0 Å². The van der Waals surface area contributed by atoms with Gasteiger partial charge in [-0.05, 0) is 24.3 Å². The molecule has 0 aromatic heterocycles. The van der Waals surface area contributed by atoms with Crippen molar-refractivity contribution in [3.05, 3.63) is 97.2 Å². The van der Waals surface area contributed by atoms with Gasteiger partial charge in [-0.1, -0.05) is 67.6 Å². The van der Waals surface area contributed by atoms with Gasteiger partial charge in [0.05, 0.1) is 33.3 Å². The molecule has 0 fully saturated rings. The fourth-order valence-electron chi connectivity index (χ4n) is 4.60. The molecule has 178 valence electrons. The average Bonchev–Trinajstić information content (AvgIpc) is 2.81. The van der Waals surface area contributed by atoms with Crippen molar-refractivity contribution in [2.75, 3.05) is 5.75 Å². The number of nitriles is 1. The highest BCUT2D eigenvalue weighted by Crippen LogP contribution is 2.48. The van der Waals surface area contributed by atoms with Crippen LogP contribution in [-0.4, -0.2) is 22.2 Å². The number of nitro benzene ring substituents is 1. The molecular formula is C27H25N3O4S. The molecule has 1 aliphatic carbocycles. The smallest absolute Gasteiger partial charge is 0.269 e. The summed E-state index contributed by atoms with van der Waals surface area (Å²) in [5, 5.41) is 25.4. The first-order valence-corrected chi connectivity index (χ1v) is 12.2. The van der Waals surface area contributed by atoms with Crippen LogP contribution in [0.3, 0.4) is 0 Å². The van der Waals surface area contributed by atoms with Crippen LogP contribution >= 0.6 is 11.8 Å². The van der Waals surface area contributed by atoms with Gasteiger partial charge >= 0.3 is 0 Å². The number of hydrogen-bond donors (Lipinski definition) is 1. The van der Waals surface area contributed by atoms with Crippen molar-refractivity contribution in [3.63, 3.8) is 0 Å². The summed E-state index contributed by atoms with van der Waals surface area (Å²) < 4.78 is 0. The second-order valence-corrected chi connectivity index (χ2v) is 10.7. The zero-order valence-electron chi connectivity index (χ0n) is 19.8. The van der Waals surface area contributed by atoms with Gasteiger partial charge in [-0.25, -0.2) is 0 Å². The number of aryl methyl sites for hydroxylation is 1. The van der Waals surface area contributed by atoms with Gasteiger partial charge in [0.1, 0.15) is 0 Å². The Bertz CT molecular complexity index is 1330. The maximum atomic E-state index is 13.3. The number of ketones is 2. The summed E-state index contributed by atoms with van der Waals surface area (Å²) in [5.74, 6) is -0.768. The normalized spacial score (nSPS) is 19.0. The SMILES string of the molecule is Cc1ccc(C(=O)CSC2=C(C#N)[C@H](c3cccc([N+](=O)[O-])c3)C3=C(CC(C)(C)CC3=O)N2)cc1. The van der Waals surface area contributed by atoms with Crippen LogP contribution in [0.2, 0.25) is 0 Å². The second kappa shape index (κ2) is 9.51. The molecule has 0 radical (unpaired) electrons. The zero-order chi connectivity index (χ0) is 25.3. The summed E-state index contributed by atoms with van der Waals surface area (Å²) in [7, 11) is 0. The molecule has 0 bridgehead atoms. The number of Topliss-reactive ketones (excluding diaryl/α,β-unsaturated/α-hetero) is 2. The van der Waals surface area contributed by atoms with Gasteiger partial charge in [-0.3, -0.25) is 19.7 Å². The van der Waals surface area contributed by atoms with Crippen LogP contribution in [0.1, 0.15) is 54.1 Å². The van der Waals surface area contributed by atoms with E-state index in [1.807, 2.05) is 32.9 Å². The molecule has 7 nitrogen and oxygen atoms in total. The average molecular weight is 488 g/mol. The van der Waals surface area contributed by atoms with Crippen LogP contribution in [0.5, 0.6) is 0 Å². The van der Waals surface area contributed by atoms with Crippen molar-refractivity contribution in [2.24, 2.45) is 5.41 Å². The third-order valence-electron chi connectivity index (χ3n) is 6.26.